The molecule has 1 aromatic carbocycles. The van der Waals surface area contributed by atoms with Crippen LogP contribution in [0.5, 0.6) is 0 Å². The molecule has 0 aliphatic carbocycles. The lowest BCUT2D eigenvalue weighted by Gasteiger charge is -2.35. The number of aromatic nitrogens is 3. The topological polar surface area (TPSA) is 54.3 Å². The van der Waals surface area contributed by atoms with E-state index in [0.29, 0.717) is 30.1 Å². The first kappa shape index (κ1) is 18.5. The summed E-state index contributed by atoms with van der Waals surface area (Å²) in [6, 6.07) is 13.4. The number of benzene rings is 1. The van der Waals surface area contributed by atoms with Crippen LogP contribution < -0.4 is 4.90 Å². The summed E-state index contributed by atoms with van der Waals surface area (Å²) in [7, 11) is 0. The number of amides is 1. The van der Waals surface area contributed by atoms with Crippen LogP contribution >= 0.6 is 11.6 Å². The first-order chi connectivity index (χ1) is 13.7. The Hall–Kier alpha value is -2.86. The number of carbonyl (C=O) groups excluding carboxylic acids is 1. The zero-order valence-corrected chi connectivity index (χ0v) is 16.5. The second-order valence-electron chi connectivity index (χ2n) is 6.72. The normalized spacial score (nSPS) is 14.4. The lowest BCUT2D eigenvalue weighted by atomic mass is 10.1. The maximum atomic E-state index is 13.1. The number of anilines is 1. The summed E-state index contributed by atoms with van der Waals surface area (Å²) in [5.74, 6) is 0.989. The van der Waals surface area contributed by atoms with Crippen molar-refractivity contribution in [3.8, 4) is 5.69 Å². The monoisotopic (exact) mass is 395 g/mol. The molecular formula is C21H22ClN5O. The minimum Gasteiger partial charge on any atom is -0.353 e. The van der Waals surface area contributed by atoms with Crippen molar-refractivity contribution >= 4 is 23.3 Å². The van der Waals surface area contributed by atoms with Gasteiger partial charge in [0.25, 0.3) is 5.91 Å². The summed E-state index contributed by atoms with van der Waals surface area (Å²) in [4.78, 5) is 21.7. The third kappa shape index (κ3) is 3.60. The Morgan fingerprint density at radius 1 is 1.11 bits per heavy atom. The fourth-order valence-corrected chi connectivity index (χ4v) is 3.76. The molecule has 3 heterocycles. The van der Waals surface area contributed by atoms with Crippen LogP contribution in [0.3, 0.4) is 0 Å². The molecular weight excluding hydrogens is 374 g/mol. The predicted octanol–water partition coefficient (Wildman–Crippen LogP) is 3.45. The lowest BCUT2D eigenvalue weighted by molar-refractivity contribution is 0.0745. The van der Waals surface area contributed by atoms with Crippen molar-refractivity contribution < 1.29 is 4.79 Å². The average Bonchev–Trinajstić information content (AvgIpc) is 3.18. The molecule has 2 aromatic heterocycles. The second-order valence-corrected chi connectivity index (χ2v) is 7.15. The lowest BCUT2D eigenvalue weighted by Crippen LogP contribution is -2.49. The highest BCUT2D eigenvalue weighted by molar-refractivity contribution is 6.30. The molecule has 7 heteroatoms. The summed E-state index contributed by atoms with van der Waals surface area (Å²) >= 11 is 6.12. The largest absolute Gasteiger partial charge is 0.353 e. The summed E-state index contributed by atoms with van der Waals surface area (Å²) in [6.45, 7) is 4.91. The SMILES string of the molecule is CCc1c(C(=O)N2CCN(c3ccccn3)CC2)cnn1-c1cccc(Cl)c1. The number of carbonyl (C=O) groups is 1. The van der Waals surface area contributed by atoms with Gasteiger partial charge in [-0.25, -0.2) is 9.67 Å². The van der Waals surface area contributed by atoms with E-state index in [1.165, 1.54) is 0 Å². The van der Waals surface area contributed by atoms with Crippen LogP contribution in [0.15, 0.2) is 54.9 Å². The maximum Gasteiger partial charge on any atom is 0.257 e. The molecule has 0 bridgehead atoms. The molecule has 1 saturated heterocycles. The van der Waals surface area contributed by atoms with E-state index in [9.17, 15) is 4.79 Å². The number of pyridine rings is 1. The van der Waals surface area contributed by atoms with Crippen molar-refractivity contribution in [1.82, 2.24) is 19.7 Å². The third-order valence-corrected chi connectivity index (χ3v) is 5.26. The van der Waals surface area contributed by atoms with Crippen molar-refractivity contribution in [1.29, 1.82) is 0 Å². The van der Waals surface area contributed by atoms with Gasteiger partial charge in [0.1, 0.15) is 5.82 Å². The smallest absolute Gasteiger partial charge is 0.257 e. The molecule has 0 atom stereocenters. The molecule has 144 valence electrons. The van der Waals surface area contributed by atoms with E-state index < -0.39 is 0 Å². The minimum atomic E-state index is 0.0331. The number of nitrogens with zero attached hydrogens (tertiary/aromatic N) is 5. The molecule has 4 rings (SSSR count). The molecule has 1 fully saturated rings. The number of hydrogen-bond donors (Lipinski definition) is 0. The minimum absolute atomic E-state index is 0.0331. The van der Waals surface area contributed by atoms with Gasteiger partial charge in [-0.05, 0) is 36.8 Å². The van der Waals surface area contributed by atoms with Gasteiger partial charge in [0.05, 0.1) is 23.1 Å². The van der Waals surface area contributed by atoms with Crippen LogP contribution in [-0.2, 0) is 6.42 Å². The molecule has 0 N–H and O–H groups in total. The average molecular weight is 396 g/mol. The number of piperazine rings is 1. The summed E-state index contributed by atoms with van der Waals surface area (Å²) in [5.41, 5.74) is 2.43. The van der Waals surface area contributed by atoms with E-state index in [4.69, 9.17) is 11.6 Å². The van der Waals surface area contributed by atoms with Gasteiger partial charge in [0.2, 0.25) is 0 Å². The fraction of sp³-hybridized carbons (Fsp3) is 0.286. The van der Waals surface area contributed by atoms with E-state index in [1.807, 2.05) is 59.0 Å². The van der Waals surface area contributed by atoms with Crippen LogP contribution in [0.2, 0.25) is 5.02 Å². The van der Waals surface area contributed by atoms with Gasteiger partial charge in [0, 0.05) is 37.4 Å². The van der Waals surface area contributed by atoms with Gasteiger partial charge in [-0.1, -0.05) is 30.7 Å². The first-order valence-corrected chi connectivity index (χ1v) is 9.83. The molecule has 28 heavy (non-hydrogen) atoms. The quantitative estimate of drug-likeness (QED) is 0.679. The van der Waals surface area contributed by atoms with Crippen LogP contribution in [0.1, 0.15) is 23.0 Å². The Morgan fingerprint density at radius 3 is 2.61 bits per heavy atom. The Balaban J connectivity index is 1.51. The molecule has 1 aliphatic rings. The first-order valence-electron chi connectivity index (χ1n) is 9.45. The van der Waals surface area contributed by atoms with Gasteiger partial charge in [-0.2, -0.15) is 5.10 Å². The Labute approximate surface area is 169 Å². The van der Waals surface area contributed by atoms with Crippen LogP contribution in [-0.4, -0.2) is 51.8 Å². The molecule has 0 radical (unpaired) electrons. The highest BCUT2D eigenvalue weighted by Crippen LogP contribution is 2.21. The van der Waals surface area contributed by atoms with Gasteiger partial charge in [-0.3, -0.25) is 4.79 Å². The van der Waals surface area contributed by atoms with Crippen molar-refractivity contribution in [2.45, 2.75) is 13.3 Å². The van der Waals surface area contributed by atoms with Crippen LogP contribution in [0.25, 0.3) is 5.69 Å². The number of hydrogen-bond acceptors (Lipinski definition) is 4. The van der Waals surface area contributed by atoms with E-state index in [-0.39, 0.29) is 5.91 Å². The molecule has 3 aromatic rings. The number of halogens is 1. The molecule has 1 amide bonds. The van der Waals surface area contributed by atoms with Crippen LogP contribution in [0, 0.1) is 0 Å². The van der Waals surface area contributed by atoms with E-state index in [2.05, 4.69) is 15.0 Å². The fourth-order valence-electron chi connectivity index (χ4n) is 3.57. The van der Waals surface area contributed by atoms with Gasteiger partial charge < -0.3 is 9.80 Å². The van der Waals surface area contributed by atoms with E-state index >= 15 is 0 Å². The zero-order valence-electron chi connectivity index (χ0n) is 15.8. The van der Waals surface area contributed by atoms with Crippen LogP contribution in [0.4, 0.5) is 5.82 Å². The molecule has 0 unspecified atom stereocenters. The van der Waals surface area contributed by atoms with E-state index in [1.54, 1.807) is 12.4 Å². The van der Waals surface area contributed by atoms with E-state index in [0.717, 1.165) is 30.3 Å². The van der Waals surface area contributed by atoms with Crippen molar-refractivity contribution in [2.24, 2.45) is 0 Å². The number of rotatable bonds is 4. The summed E-state index contributed by atoms with van der Waals surface area (Å²) in [6.07, 6.45) is 4.18. The Bertz CT molecular complexity index is 964. The Morgan fingerprint density at radius 2 is 1.93 bits per heavy atom. The second kappa shape index (κ2) is 8.02. The van der Waals surface area contributed by atoms with Crippen molar-refractivity contribution in [3.63, 3.8) is 0 Å². The van der Waals surface area contributed by atoms with Gasteiger partial charge in [-0.15, -0.1) is 0 Å². The van der Waals surface area contributed by atoms with Crippen molar-refractivity contribution in [3.05, 3.63) is 71.1 Å². The zero-order chi connectivity index (χ0) is 19.5. The van der Waals surface area contributed by atoms with Gasteiger partial charge >= 0.3 is 0 Å². The molecule has 6 nitrogen and oxygen atoms in total. The standard InChI is InChI=1S/C21H22ClN5O/c1-2-19-18(15-24-27(19)17-7-5-6-16(22)14-17)21(28)26-12-10-25(11-13-26)20-8-3-4-9-23-20/h3-9,14-15H,2,10-13H2,1H3. The third-order valence-electron chi connectivity index (χ3n) is 5.03. The Kier molecular flexibility index (Phi) is 5.30. The predicted molar refractivity (Wildman–Crippen MR) is 110 cm³/mol. The van der Waals surface area contributed by atoms with Gasteiger partial charge in [0.15, 0.2) is 0 Å². The molecule has 0 saturated carbocycles. The van der Waals surface area contributed by atoms with Crippen molar-refractivity contribution in [2.75, 3.05) is 31.1 Å². The summed E-state index contributed by atoms with van der Waals surface area (Å²) < 4.78 is 1.81. The maximum absolute atomic E-state index is 13.1. The highest BCUT2D eigenvalue weighted by atomic mass is 35.5. The molecule has 0 spiro atoms. The molecule has 1 aliphatic heterocycles. The summed E-state index contributed by atoms with van der Waals surface area (Å²) in [5, 5.41) is 5.11. The highest BCUT2D eigenvalue weighted by Gasteiger charge is 2.26.